The largest absolute Gasteiger partial charge is 0.446 e. The molecule has 4 atom stereocenters. The summed E-state index contributed by atoms with van der Waals surface area (Å²) in [6, 6.07) is 7.40. The lowest BCUT2D eigenvalue weighted by molar-refractivity contribution is -0.298. The fourth-order valence-corrected chi connectivity index (χ4v) is 7.54. The molecule has 2 saturated heterocycles. The fraction of sp³-hybridized carbons (Fsp3) is 0.683. The van der Waals surface area contributed by atoms with E-state index in [-0.39, 0.29) is 30.8 Å². The first-order valence-electron chi connectivity index (χ1n) is 19.6. The third-order valence-corrected chi connectivity index (χ3v) is 9.88. The van der Waals surface area contributed by atoms with Crippen molar-refractivity contribution in [2.24, 2.45) is 17.6 Å². The molecule has 14 nitrogen and oxygen atoms in total. The number of hydrogen-bond acceptors (Lipinski definition) is 8. The Morgan fingerprint density at radius 1 is 0.964 bits per heavy atom. The maximum absolute atomic E-state index is 14.3. The molecule has 1 aromatic rings. The van der Waals surface area contributed by atoms with E-state index in [1.807, 2.05) is 84.0 Å². The molecule has 55 heavy (non-hydrogen) atoms. The van der Waals surface area contributed by atoms with Crippen molar-refractivity contribution in [3.63, 3.8) is 0 Å². The minimum absolute atomic E-state index is 0.165. The van der Waals surface area contributed by atoms with Gasteiger partial charge in [0, 0.05) is 37.0 Å². The van der Waals surface area contributed by atoms with Crippen LogP contribution in [0.2, 0.25) is 0 Å². The lowest BCUT2D eigenvalue weighted by Gasteiger charge is -2.49. The molecule has 0 unspecified atom stereocenters. The van der Waals surface area contributed by atoms with Gasteiger partial charge in [0.2, 0.25) is 17.7 Å². The number of nitrogens with one attached hydrogen (secondary N) is 3. The summed E-state index contributed by atoms with van der Waals surface area (Å²) >= 11 is 0. The van der Waals surface area contributed by atoms with Gasteiger partial charge in [0.15, 0.2) is 0 Å². The summed E-state index contributed by atoms with van der Waals surface area (Å²) in [6.07, 6.45) is 5.39. The fourth-order valence-electron chi connectivity index (χ4n) is 7.54. The maximum atomic E-state index is 14.3. The average Bonchev–Trinajstić information content (AvgIpc) is 3.56. The molecule has 307 valence electrons. The van der Waals surface area contributed by atoms with E-state index in [1.54, 1.807) is 25.7 Å². The van der Waals surface area contributed by atoms with Crippen LogP contribution in [0.15, 0.2) is 42.5 Å². The number of hydroxylamine groups is 2. The molecule has 0 aliphatic carbocycles. The van der Waals surface area contributed by atoms with Crippen LogP contribution in [0.5, 0.6) is 0 Å². The summed E-state index contributed by atoms with van der Waals surface area (Å²) in [4.78, 5) is 67.2. The molecule has 2 fully saturated rings. The van der Waals surface area contributed by atoms with Gasteiger partial charge in [-0.1, -0.05) is 56.3 Å². The Morgan fingerprint density at radius 2 is 1.60 bits per heavy atom. The molecule has 2 heterocycles. The van der Waals surface area contributed by atoms with Crippen LogP contribution in [0.25, 0.3) is 0 Å². The van der Waals surface area contributed by atoms with Crippen LogP contribution in [0, 0.1) is 11.8 Å². The Hall–Kier alpha value is -4.17. The van der Waals surface area contributed by atoms with Crippen molar-refractivity contribution in [1.29, 1.82) is 0 Å². The molecular formula is C41H65N6O8. The van der Waals surface area contributed by atoms with Crippen molar-refractivity contribution in [2.45, 2.75) is 155 Å². The molecule has 2 aliphatic heterocycles. The lowest BCUT2D eigenvalue weighted by Crippen LogP contribution is -2.60. The summed E-state index contributed by atoms with van der Waals surface area (Å²) in [5.74, 6) is -1.81. The highest BCUT2D eigenvalue weighted by Gasteiger charge is 2.47. The van der Waals surface area contributed by atoms with E-state index in [1.165, 1.54) is 0 Å². The third kappa shape index (κ3) is 14.4. The minimum Gasteiger partial charge on any atom is -0.446 e. The van der Waals surface area contributed by atoms with Crippen LogP contribution in [0.4, 0.5) is 9.59 Å². The highest BCUT2D eigenvalue weighted by molar-refractivity contribution is 5.93. The van der Waals surface area contributed by atoms with E-state index >= 15 is 0 Å². The number of alkyl carbamates (subject to hydrolysis) is 2. The number of hydrogen-bond donors (Lipinski definition) is 4. The summed E-state index contributed by atoms with van der Waals surface area (Å²) < 4.78 is 11.1. The minimum atomic E-state index is -1.01. The van der Waals surface area contributed by atoms with Crippen LogP contribution < -0.4 is 21.7 Å². The second-order valence-corrected chi connectivity index (χ2v) is 17.6. The normalized spacial score (nSPS) is 20.4. The zero-order chi connectivity index (χ0) is 41.1. The Bertz CT molecular complexity index is 1470. The second kappa shape index (κ2) is 19.6. The van der Waals surface area contributed by atoms with E-state index in [4.69, 9.17) is 15.2 Å². The molecule has 0 aromatic heterocycles. The van der Waals surface area contributed by atoms with Crippen molar-refractivity contribution >= 4 is 29.9 Å². The zero-order valence-electron chi connectivity index (χ0n) is 34.3. The Kier molecular flexibility index (Phi) is 16.1. The number of amides is 5. The van der Waals surface area contributed by atoms with E-state index in [9.17, 15) is 29.2 Å². The number of rotatable bonds is 16. The van der Waals surface area contributed by atoms with Crippen LogP contribution in [0.1, 0.15) is 113 Å². The first-order valence-corrected chi connectivity index (χ1v) is 19.6. The molecule has 5 N–H and O–H groups in total. The highest BCUT2D eigenvalue weighted by atomic mass is 16.6. The number of carbonyl (C=O) groups is 5. The molecule has 5 amide bonds. The predicted molar refractivity (Wildman–Crippen MR) is 209 cm³/mol. The lowest BCUT2D eigenvalue weighted by atomic mass is 9.80. The van der Waals surface area contributed by atoms with E-state index < -0.39 is 64.8 Å². The molecule has 0 spiro atoms. The van der Waals surface area contributed by atoms with E-state index in [0.29, 0.717) is 51.5 Å². The number of likely N-dealkylation sites (tertiary alicyclic amines) is 1. The van der Waals surface area contributed by atoms with Gasteiger partial charge in [-0.15, -0.1) is 10.3 Å². The predicted octanol–water partition coefficient (Wildman–Crippen LogP) is 5.18. The van der Waals surface area contributed by atoms with Crippen molar-refractivity contribution in [2.75, 3.05) is 13.1 Å². The van der Waals surface area contributed by atoms with Crippen LogP contribution in [0.3, 0.4) is 0 Å². The van der Waals surface area contributed by atoms with Gasteiger partial charge in [0.05, 0.1) is 12.0 Å². The average molecular weight is 770 g/mol. The second-order valence-electron chi connectivity index (χ2n) is 17.6. The Balaban J connectivity index is 1.64. The summed E-state index contributed by atoms with van der Waals surface area (Å²) in [7, 11) is 0. The van der Waals surface area contributed by atoms with Gasteiger partial charge >= 0.3 is 12.2 Å². The molecule has 0 saturated carbocycles. The van der Waals surface area contributed by atoms with Gasteiger partial charge in [-0.3, -0.25) is 14.4 Å². The number of primary amides is 1. The first-order chi connectivity index (χ1) is 25.6. The summed E-state index contributed by atoms with van der Waals surface area (Å²) in [5.41, 5.74) is 4.59. The standard InChI is InChI=1S/C41H65N6O8/c1-27(2)23-30(44-38(52)55-39(3,4)5)20-19-29(24-28-15-11-10-12-16-28)36(50)46-22-14-18-33(46)35(49)45-32(34(42)48)17-13-21-43-37(51)54-31-25-40(6,7)47(53)41(8,9)26-31/h10-12,15-16,19-20,27,29-33H,13-14,17-18,21-26H2,1-9H3,(H2,42,48)(H,43,51)(H,44,52)(H,45,49)/b20-19+/t29-,30-,32+,33+/m1/s1. The van der Waals surface area contributed by atoms with Crippen molar-refractivity contribution in [3.8, 4) is 0 Å². The Morgan fingerprint density at radius 3 is 2.18 bits per heavy atom. The molecule has 0 bridgehead atoms. The molecular weight excluding hydrogens is 704 g/mol. The number of benzene rings is 1. The van der Waals surface area contributed by atoms with Gasteiger partial charge < -0.3 is 36.1 Å². The number of nitrogens with two attached hydrogens (primary N) is 1. The number of piperidine rings is 1. The van der Waals surface area contributed by atoms with Gasteiger partial charge in [-0.2, -0.15) is 0 Å². The SMILES string of the molecule is CC(C)C[C@@H](/C=C/[C@H](Cc1ccccc1)C(=O)N1CCC[C@H]1C(=O)N[C@@H](CCCNC(=O)OC1CC(C)(C)N([O])C(C)(C)C1)C(N)=O)NC(=O)OC(C)(C)C. The Labute approximate surface area is 327 Å². The van der Waals surface area contributed by atoms with Gasteiger partial charge in [-0.25, -0.2) is 9.59 Å². The number of nitrogens with zero attached hydrogens (tertiary/aromatic N) is 2. The maximum Gasteiger partial charge on any atom is 0.408 e. The van der Waals surface area contributed by atoms with Crippen LogP contribution in [-0.4, -0.2) is 93.9 Å². The van der Waals surface area contributed by atoms with E-state index in [2.05, 4.69) is 16.0 Å². The summed E-state index contributed by atoms with van der Waals surface area (Å²) in [6.45, 7) is 17.3. The van der Waals surface area contributed by atoms with Crippen molar-refractivity contribution in [3.05, 3.63) is 48.0 Å². The molecule has 14 heteroatoms. The quantitative estimate of drug-likeness (QED) is 0.131. The first kappa shape index (κ1) is 45.2. The molecule has 2 aliphatic rings. The van der Waals surface area contributed by atoms with Gasteiger partial charge in [0.25, 0.3) is 0 Å². The van der Waals surface area contributed by atoms with Crippen molar-refractivity contribution < 1.29 is 38.7 Å². The van der Waals surface area contributed by atoms with Crippen LogP contribution in [-0.2, 0) is 35.5 Å². The zero-order valence-corrected chi connectivity index (χ0v) is 34.3. The molecule has 1 radical (unpaired) electrons. The van der Waals surface area contributed by atoms with Gasteiger partial charge in [-0.05, 0) is 98.5 Å². The van der Waals surface area contributed by atoms with E-state index in [0.717, 1.165) is 10.6 Å². The van der Waals surface area contributed by atoms with Crippen molar-refractivity contribution in [1.82, 2.24) is 25.9 Å². The molecule has 3 rings (SSSR count). The smallest absolute Gasteiger partial charge is 0.408 e. The highest BCUT2D eigenvalue weighted by Crippen LogP contribution is 2.38. The van der Waals surface area contributed by atoms with Crippen LogP contribution >= 0.6 is 0 Å². The third-order valence-electron chi connectivity index (χ3n) is 9.88. The number of carbonyl (C=O) groups excluding carboxylic acids is 5. The number of ether oxygens (including phenoxy) is 2. The van der Waals surface area contributed by atoms with Gasteiger partial charge in [0.1, 0.15) is 23.8 Å². The summed E-state index contributed by atoms with van der Waals surface area (Å²) in [5, 5.41) is 22.1. The topological polar surface area (TPSA) is 192 Å². The molecule has 1 aromatic carbocycles. The monoisotopic (exact) mass is 769 g/mol.